The van der Waals surface area contributed by atoms with Crippen LogP contribution in [0.15, 0.2) is 52.4 Å². The molecule has 0 saturated carbocycles. The van der Waals surface area contributed by atoms with Crippen molar-refractivity contribution in [2.75, 3.05) is 19.0 Å². The number of nitro benzene ring substituents is 1. The molecule has 0 aliphatic rings. The van der Waals surface area contributed by atoms with Gasteiger partial charge in [0, 0.05) is 17.8 Å². The molecule has 0 bridgehead atoms. The molecule has 3 rings (SSSR count). The smallest absolute Gasteiger partial charge is 0.355 e. The Hall–Kier alpha value is -5.14. The molecule has 186 valence electrons. The standard InChI is InChI=1S/C22H20N6O8/c1-3-36-13-7-4-11(5-8-13)24-21(31)19(29)16(18(27-23)22(32)35-2)17-20(30)26-15-10-12(28(33)34)6-9-14(15)25-17/h4-10,16H,3,23H2,1-2H3,(H,24,31)(H,26,30). The van der Waals surface area contributed by atoms with Crippen LogP contribution in [0.2, 0.25) is 0 Å². The molecule has 1 heterocycles. The van der Waals surface area contributed by atoms with E-state index in [0.29, 0.717) is 12.4 Å². The zero-order valence-corrected chi connectivity index (χ0v) is 19.0. The number of nitrogens with two attached hydrogens (primary N) is 1. The van der Waals surface area contributed by atoms with Gasteiger partial charge in [-0.3, -0.25) is 24.5 Å². The van der Waals surface area contributed by atoms with Gasteiger partial charge in [0.05, 0.1) is 29.7 Å². The topological polar surface area (TPSA) is 209 Å². The number of methoxy groups -OCH3 is 1. The lowest BCUT2D eigenvalue weighted by molar-refractivity contribution is -0.384. The Morgan fingerprint density at radius 1 is 1.22 bits per heavy atom. The number of anilines is 1. The summed E-state index contributed by atoms with van der Waals surface area (Å²) in [7, 11) is 0.992. The van der Waals surface area contributed by atoms with Gasteiger partial charge in [-0.2, -0.15) is 5.10 Å². The van der Waals surface area contributed by atoms with Crippen molar-refractivity contribution in [3.63, 3.8) is 0 Å². The van der Waals surface area contributed by atoms with Crippen molar-refractivity contribution in [1.82, 2.24) is 9.97 Å². The number of carbonyl (C=O) groups excluding carboxylic acids is 3. The maximum atomic E-state index is 13.2. The molecule has 14 nitrogen and oxygen atoms in total. The first-order chi connectivity index (χ1) is 17.2. The number of ketones is 1. The number of nitrogens with one attached hydrogen (secondary N) is 2. The number of hydrogen-bond acceptors (Lipinski definition) is 11. The van der Waals surface area contributed by atoms with E-state index in [2.05, 4.69) is 25.1 Å². The number of aromatic amines is 1. The SMILES string of the molecule is CCOc1ccc(NC(=O)C(=O)C(C(=NN)C(=O)OC)c2nc3ccc([N+](=O)[O-])cc3[nH]c2=O)cc1. The van der Waals surface area contributed by atoms with Gasteiger partial charge in [-0.25, -0.2) is 9.78 Å². The van der Waals surface area contributed by atoms with Crippen LogP contribution in [0.25, 0.3) is 11.0 Å². The van der Waals surface area contributed by atoms with Gasteiger partial charge in [-0.1, -0.05) is 0 Å². The van der Waals surface area contributed by atoms with Crippen LogP contribution in [0.3, 0.4) is 0 Å². The minimum absolute atomic E-state index is 0.00714. The minimum Gasteiger partial charge on any atom is -0.494 e. The molecule has 0 aliphatic heterocycles. The number of non-ortho nitro benzene ring substituents is 1. The number of rotatable bonds is 9. The zero-order chi connectivity index (χ0) is 26.4. The summed E-state index contributed by atoms with van der Waals surface area (Å²) < 4.78 is 9.92. The Labute approximate surface area is 202 Å². The highest BCUT2D eigenvalue weighted by Gasteiger charge is 2.39. The second-order valence-corrected chi connectivity index (χ2v) is 7.12. The fourth-order valence-corrected chi connectivity index (χ4v) is 3.25. The number of H-pyrrole nitrogens is 1. The van der Waals surface area contributed by atoms with Gasteiger partial charge in [-0.15, -0.1) is 0 Å². The molecule has 0 radical (unpaired) electrons. The summed E-state index contributed by atoms with van der Waals surface area (Å²) >= 11 is 0. The molecule has 4 N–H and O–H groups in total. The monoisotopic (exact) mass is 496 g/mol. The summed E-state index contributed by atoms with van der Waals surface area (Å²) in [6.45, 7) is 2.23. The Kier molecular flexibility index (Phi) is 7.69. The third-order valence-corrected chi connectivity index (χ3v) is 4.90. The van der Waals surface area contributed by atoms with Crippen molar-refractivity contribution in [2.24, 2.45) is 10.9 Å². The Bertz CT molecular complexity index is 1430. The largest absolute Gasteiger partial charge is 0.494 e. The van der Waals surface area contributed by atoms with Crippen molar-refractivity contribution in [3.8, 4) is 5.75 Å². The van der Waals surface area contributed by atoms with Gasteiger partial charge in [0.15, 0.2) is 5.71 Å². The van der Waals surface area contributed by atoms with Crippen molar-refractivity contribution in [2.45, 2.75) is 12.8 Å². The lowest BCUT2D eigenvalue weighted by Gasteiger charge is -2.15. The number of benzene rings is 2. The zero-order valence-electron chi connectivity index (χ0n) is 19.0. The molecule has 1 amide bonds. The number of aromatic nitrogens is 2. The number of nitrogens with zero attached hydrogens (tertiary/aromatic N) is 3. The van der Waals surface area contributed by atoms with Crippen LogP contribution >= 0.6 is 0 Å². The van der Waals surface area contributed by atoms with Crippen LogP contribution in [0.4, 0.5) is 11.4 Å². The van der Waals surface area contributed by atoms with E-state index in [1.54, 1.807) is 19.1 Å². The van der Waals surface area contributed by atoms with Gasteiger partial charge in [0.25, 0.3) is 17.2 Å². The second-order valence-electron chi connectivity index (χ2n) is 7.12. The van der Waals surface area contributed by atoms with E-state index in [9.17, 15) is 29.3 Å². The third-order valence-electron chi connectivity index (χ3n) is 4.90. The summed E-state index contributed by atoms with van der Waals surface area (Å²) in [4.78, 5) is 67.9. The average Bonchev–Trinajstić information content (AvgIpc) is 2.87. The fraction of sp³-hybridized carbons (Fsp3) is 0.182. The van der Waals surface area contributed by atoms with Crippen molar-refractivity contribution in [3.05, 3.63) is 68.6 Å². The molecule has 0 saturated heterocycles. The predicted octanol–water partition coefficient (Wildman–Crippen LogP) is 1.01. The highest BCUT2D eigenvalue weighted by molar-refractivity contribution is 6.53. The van der Waals surface area contributed by atoms with E-state index in [-0.39, 0.29) is 22.4 Å². The van der Waals surface area contributed by atoms with Crippen molar-refractivity contribution in [1.29, 1.82) is 0 Å². The van der Waals surface area contributed by atoms with Gasteiger partial charge in [-0.05, 0) is 37.3 Å². The highest BCUT2D eigenvalue weighted by atomic mass is 16.6. The number of fused-ring (bicyclic) bond motifs is 1. The lowest BCUT2D eigenvalue weighted by Crippen LogP contribution is -2.40. The lowest BCUT2D eigenvalue weighted by atomic mass is 9.93. The Balaban J connectivity index is 2.05. The van der Waals surface area contributed by atoms with E-state index < -0.39 is 45.5 Å². The normalized spacial score (nSPS) is 12.0. The summed E-state index contributed by atoms with van der Waals surface area (Å²) in [6, 6.07) is 9.53. The maximum Gasteiger partial charge on any atom is 0.355 e. The van der Waals surface area contributed by atoms with E-state index in [0.717, 1.165) is 19.2 Å². The molecule has 1 unspecified atom stereocenters. The number of hydrazone groups is 1. The molecule has 0 spiro atoms. The minimum atomic E-state index is -1.94. The van der Waals surface area contributed by atoms with Gasteiger partial charge in [0.2, 0.25) is 5.78 Å². The van der Waals surface area contributed by atoms with E-state index >= 15 is 0 Å². The average molecular weight is 496 g/mol. The number of amides is 1. The Morgan fingerprint density at radius 2 is 1.92 bits per heavy atom. The molecule has 14 heteroatoms. The Morgan fingerprint density at radius 3 is 2.50 bits per heavy atom. The van der Waals surface area contributed by atoms with Gasteiger partial charge < -0.3 is 25.6 Å². The van der Waals surface area contributed by atoms with Crippen LogP contribution in [-0.4, -0.2) is 52.0 Å². The highest BCUT2D eigenvalue weighted by Crippen LogP contribution is 2.22. The predicted molar refractivity (Wildman–Crippen MR) is 127 cm³/mol. The third kappa shape index (κ3) is 5.32. The summed E-state index contributed by atoms with van der Waals surface area (Å²) in [5.41, 5.74) is -2.38. The van der Waals surface area contributed by atoms with Crippen LogP contribution in [0.1, 0.15) is 18.5 Å². The molecule has 0 fully saturated rings. The fourth-order valence-electron chi connectivity index (χ4n) is 3.25. The summed E-state index contributed by atoms with van der Waals surface area (Å²) in [6.07, 6.45) is 0. The van der Waals surface area contributed by atoms with Gasteiger partial charge >= 0.3 is 5.97 Å². The number of nitro groups is 1. The van der Waals surface area contributed by atoms with E-state index in [1.807, 2.05) is 0 Å². The molecular formula is C22H20N6O8. The second kappa shape index (κ2) is 10.9. The molecule has 0 aliphatic carbocycles. The summed E-state index contributed by atoms with van der Waals surface area (Å²) in [5.74, 6) is 0.267. The molecular weight excluding hydrogens is 476 g/mol. The maximum absolute atomic E-state index is 13.2. The molecule has 1 aromatic heterocycles. The quantitative estimate of drug-likeness (QED) is 0.0955. The first-order valence-corrected chi connectivity index (χ1v) is 10.3. The number of ether oxygens (including phenoxy) is 2. The first kappa shape index (κ1) is 25.5. The number of carbonyl (C=O) groups is 3. The van der Waals surface area contributed by atoms with Crippen molar-refractivity contribution < 1.29 is 28.8 Å². The molecule has 1 atom stereocenters. The molecule has 2 aromatic carbocycles. The van der Waals surface area contributed by atoms with Gasteiger partial charge in [0.1, 0.15) is 17.4 Å². The number of esters is 1. The van der Waals surface area contributed by atoms with E-state index in [1.165, 1.54) is 18.2 Å². The van der Waals surface area contributed by atoms with E-state index in [4.69, 9.17) is 10.6 Å². The number of hydrogen-bond donors (Lipinski definition) is 3. The molecule has 36 heavy (non-hydrogen) atoms. The first-order valence-electron chi connectivity index (χ1n) is 10.3. The number of Topliss-reactive ketones (excluding diaryl/α,β-unsaturated/α-hetero) is 1. The molecule has 3 aromatic rings. The summed E-state index contributed by atoms with van der Waals surface area (Å²) in [5, 5.41) is 16.7. The van der Waals surface area contributed by atoms with Crippen LogP contribution in [-0.2, 0) is 19.1 Å². The van der Waals surface area contributed by atoms with Crippen LogP contribution < -0.4 is 21.5 Å². The van der Waals surface area contributed by atoms with Crippen LogP contribution in [0, 0.1) is 10.1 Å². The van der Waals surface area contributed by atoms with Crippen molar-refractivity contribution >= 4 is 45.8 Å². The van der Waals surface area contributed by atoms with Crippen LogP contribution in [0.5, 0.6) is 5.75 Å².